The number of nitrogens with one attached hydrogen (secondary N) is 1. The van der Waals surface area contributed by atoms with E-state index in [2.05, 4.69) is 22.3 Å². The van der Waals surface area contributed by atoms with E-state index in [0.29, 0.717) is 12.1 Å². The highest BCUT2D eigenvalue weighted by molar-refractivity contribution is 5.21. The number of hydrogen-bond acceptors (Lipinski definition) is 4. The van der Waals surface area contributed by atoms with Crippen molar-refractivity contribution in [3.63, 3.8) is 0 Å². The van der Waals surface area contributed by atoms with Gasteiger partial charge in [0.15, 0.2) is 0 Å². The molecule has 0 bridgehead atoms. The minimum absolute atomic E-state index is 0.120. The van der Waals surface area contributed by atoms with E-state index in [-0.39, 0.29) is 11.9 Å². The molecule has 1 heterocycles. The predicted octanol–water partition coefficient (Wildman–Crippen LogP) is 2.52. The average molecular weight is 344 g/mol. The van der Waals surface area contributed by atoms with Gasteiger partial charge in [-0.25, -0.2) is 4.39 Å². The van der Waals surface area contributed by atoms with Crippen LogP contribution in [0.4, 0.5) is 4.39 Å². The van der Waals surface area contributed by atoms with Crippen LogP contribution in [0.15, 0.2) is 54.6 Å². The number of halogens is 1. The van der Waals surface area contributed by atoms with Crippen molar-refractivity contribution in [3.05, 3.63) is 71.5 Å². The molecule has 0 radical (unpaired) electrons. The van der Waals surface area contributed by atoms with Gasteiger partial charge >= 0.3 is 0 Å². The lowest BCUT2D eigenvalue weighted by atomic mass is 10.0. The molecule has 0 aromatic heterocycles. The van der Waals surface area contributed by atoms with E-state index >= 15 is 0 Å². The Hall–Kier alpha value is -1.79. The molecular formula is C20H25FN2O2. The van der Waals surface area contributed by atoms with Crippen LogP contribution in [0.2, 0.25) is 0 Å². The van der Waals surface area contributed by atoms with Gasteiger partial charge in [-0.05, 0) is 23.3 Å². The molecule has 134 valence electrons. The van der Waals surface area contributed by atoms with Crippen molar-refractivity contribution in [2.45, 2.75) is 12.1 Å². The number of benzene rings is 2. The third-order valence-electron chi connectivity index (χ3n) is 4.56. The summed E-state index contributed by atoms with van der Waals surface area (Å²) < 4.78 is 18.5. The zero-order valence-electron chi connectivity index (χ0n) is 14.3. The van der Waals surface area contributed by atoms with Gasteiger partial charge in [-0.3, -0.25) is 4.90 Å². The summed E-state index contributed by atoms with van der Waals surface area (Å²) in [7, 11) is 0. The number of rotatable bonds is 7. The number of morpholine rings is 1. The molecule has 2 unspecified atom stereocenters. The minimum Gasteiger partial charge on any atom is -0.387 e. The smallest absolute Gasteiger partial charge is 0.123 e. The van der Waals surface area contributed by atoms with Crippen LogP contribution in [-0.4, -0.2) is 49.4 Å². The van der Waals surface area contributed by atoms with Crippen molar-refractivity contribution < 1.29 is 14.2 Å². The monoisotopic (exact) mass is 344 g/mol. The lowest BCUT2D eigenvalue weighted by Gasteiger charge is -2.31. The highest BCUT2D eigenvalue weighted by Gasteiger charge is 2.19. The van der Waals surface area contributed by atoms with Crippen molar-refractivity contribution in [1.82, 2.24) is 10.2 Å². The summed E-state index contributed by atoms with van der Waals surface area (Å²) in [6, 6.07) is 16.4. The SMILES string of the molecule is OC(CNC(CN1CCOCC1)c1ccccc1)c1ccc(F)cc1. The fourth-order valence-electron chi connectivity index (χ4n) is 3.07. The van der Waals surface area contributed by atoms with Gasteiger partial charge in [0.25, 0.3) is 0 Å². The van der Waals surface area contributed by atoms with Gasteiger partial charge in [0, 0.05) is 32.2 Å². The fourth-order valence-corrected chi connectivity index (χ4v) is 3.07. The van der Waals surface area contributed by atoms with Crippen LogP contribution in [0, 0.1) is 5.82 Å². The number of ether oxygens (including phenoxy) is 1. The fraction of sp³-hybridized carbons (Fsp3) is 0.400. The maximum Gasteiger partial charge on any atom is 0.123 e. The molecule has 2 aromatic rings. The summed E-state index contributed by atoms with van der Waals surface area (Å²) in [5.74, 6) is -0.293. The van der Waals surface area contributed by atoms with Crippen LogP contribution in [0.25, 0.3) is 0 Å². The van der Waals surface area contributed by atoms with E-state index in [1.54, 1.807) is 12.1 Å². The summed E-state index contributed by atoms with van der Waals surface area (Å²) in [6.45, 7) is 4.65. The molecule has 0 spiro atoms. The van der Waals surface area contributed by atoms with E-state index in [9.17, 15) is 9.50 Å². The van der Waals surface area contributed by atoms with Gasteiger partial charge in [0.1, 0.15) is 5.82 Å². The molecule has 5 heteroatoms. The van der Waals surface area contributed by atoms with E-state index in [1.165, 1.54) is 17.7 Å². The van der Waals surface area contributed by atoms with Crippen molar-refractivity contribution in [1.29, 1.82) is 0 Å². The van der Waals surface area contributed by atoms with Crippen molar-refractivity contribution >= 4 is 0 Å². The average Bonchev–Trinajstić information content (AvgIpc) is 2.67. The molecule has 0 aliphatic carbocycles. The third kappa shape index (κ3) is 5.34. The molecule has 4 nitrogen and oxygen atoms in total. The molecule has 1 fully saturated rings. The first-order valence-electron chi connectivity index (χ1n) is 8.74. The van der Waals surface area contributed by atoms with Crippen molar-refractivity contribution in [2.75, 3.05) is 39.4 Å². The van der Waals surface area contributed by atoms with Crippen molar-refractivity contribution in [3.8, 4) is 0 Å². The van der Waals surface area contributed by atoms with Gasteiger partial charge in [0.2, 0.25) is 0 Å². The second-order valence-corrected chi connectivity index (χ2v) is 6.35. The van der Waals surface area contributed by atoms with Crippen LogP contribution >= 0.6 is 0 Å². The summed E-state index contributed by atoms with van der Waals surface area (Å²) >= 11 is 0. The Kier molecular flexibility index (Phi) is 6.53. The number of hydrogen-bond donors (Lipinski definition) is 2. The Labute approximate surface area is 148 Å². The second kappa shape index (κ2) is 9.06. The number of aliphatic hydroxyl groups excluding tert-OH is 1. The first-order valence-corrected chi connectivity index (χ1v) is 8.74. The van der Waals surface area contributed by atoms with E-state index in [4.69, 9.17) is 4.74 Å². The zero-order valence-corrected chi connectivity index (χ0v) is 14.3. The molecule has 3 rings (SSSR count). The lowest BCUT2D eigenvalue weighted by molar-refractivity contribution is 0.0326. The second-order valence-electron chi connectivity index (χ2n) is 6.35. The summed E-state index contributed by atoms with van der Waals surface area (Å²) in [5.41, 5.74) is 1.91. The van der Waals surface area contributed by atoms with Crippen LogP contribution < -0.4 is 5.32 Å². The third-order valence-corrected chi connectivity index (χ3v) is 4.56. The molecule has 2 aromatic carbocycles. The summed E-state index contributed by atoms with van der Waals surface area (Å²) in [4.78, 5) is 2.37. The van der Waals surface area contributed by atoms with Crippen LogP contribution in [0.1, 0.15) is 23.3 Å². The van der Waals surface area contributed by atoms with Gasteiger partial charge in [-0.2, -0.15) is 0 Å². The molecule has 0 saturated carbocycles. The molecule has 0 amide bonds. The van der Waals surface area contributed by atoms with Crippen LogP contribution in [-0.2, 0) is 4.74 Å². The minimum atomic E-state index is -0.670. The topological polar surface area (TPSA) is 44.7 Å². The van der Waals surface area contributed by atoms with Gasteiger partial charge in [0.05, 0.1) is 19.3 Å². The Morgan fingerprint density at radius 3 is 2.36 bits per heavy atom. The highest BCUT2D eigenvalue weighted by atomic mass is 19.1. The van der Waals surface area contributed by atoms with E-state index < -0.39 is 6.10 Å². The first-order chi connectivity index (χ1) is 12.2. The standard InChI is InChI=1S/C20H25FN2O2/c21-18-8-6-17(7-9-18)20(24)14-22-19(16-4-2-1-3-5-16)15-23-10-12-25-13-11-23/h1-9,19-20,22,24H,10-15H2. The van der Waals surface area contributed by atoms with Crippen LogP contribution in [0.3, 0.4) is 0 Å². The largest absolute Gasteiger partial charge is 0.387 e. The summed E-state index contributed by atoms with van der Waals surface area (Å²) in [5, 5.41) is 13.9. The number of nitrogens with zero attached hydrogens (tertiary/aromatic N) is 1. The Balaban J connectivity index is 1.63. The maximum absolute atomic E-state index is 13.0. The normalized spacial score (nSPS) is 18.0. The van der Waals surface area contributed by atoms with Gasteiger partial charge in [-0.1, -0.05) is 42.5 Å². The molecular weight excluding hydrogens is 319 g/mol. The Morgan fingerprint density at radius 1 is 1.00 bits per heavy atom. The Morgan fingerprint density at radius 2 is 1.68 bits per heavy atom. The van der Waals surface area contributed by atoms with Crippen molar-refractivity contribution in [2.24, 2.45) is 0 Å². The quantitative estimate of drug-likeness (QED) is 0.810. The predicted molar refractivity (Wildman–Crippen MR) is 95.8 cm³/mol. The molecule has 2 atom stereocenters. The van der Waals surface area contributed by atoms with Crippen LogP contribution in [0.5, 0.6) is 0 Å². The zero-order chi connectivity index (χ0) is 17.5. The molecule has 1 aliphatic rings. The van der Waals surface area contributed by atoms with E-state index in [1.807, 2.05) is 18.2 Å². The highest BCUT2D eigenvalue weighted by Crippen LogP contribution is 2.18. The molecule has 2 N–H and O–H groups in total. The molecule has 1 aliphatic heterocycles. The maximum atomic E-state index is 13.0. The van der Waals surface area contributed by atoms with Gasteiger partial charge < -0.3 is 15.2 Å². The van der Waals surface area contributed by atoms with E-state index in [0.717, 1.165) is 32.8 Å². The Bertz CT molecular complexity index is 630. The summed E-state index contributed by atoms with van der Waals surface area (Å²) in [6.07, 6.45) is -0.670. The molecule has 1 saturated heterocycles. The lowest BCUT2D eigenvalue weighted by Crippen LogP contribution is -2.42. The molecule has 25 heavy (non-hydrogen) atoms. The number of aliphatic hydroxyl groups is 1. The van der Waals surface area contributed by atoms with Gasteiger partial charge in [-0.15, -0.1) is 0 Å². The first kappa shape index (κ1) is 18.0.